The number of rotatable bonds is 2. The summed E-state index contributed by atoms with van der Waals surface area (Å²) in [5.74, 6) is 0.675. The highest BCUT2D eigenvalue weighted by atomic mass is 16.5. The molecule has 11 aromatic rings. The van der Waals surface area contributed by atoms with Crippen molar-refractivity contribution in [2.75, 3.05) is 16.5 Å². The van der Waals surface area contributed by atoms with Crippen LogP contribution in [0.15, 0.2) is 212 Å². The molecule has 378 valence electrons. The molecule has 13 rings (SSSR count). The molecule has 0 amide bonds. The number of pyridine rings is 1. The highest BCUT2D eigenvalue weighted by Gasteiger charge is 2.34. The van der Waals surface area contributed by atoms with E-state index in [1.807, 2.05) is 42.5 Å². The molecule has 0 aliphatic carbocycles. The Morgan fingerprint density at radius 2 is 1.10 bits per heavy atom. The van der Waals surface area contributed by atoms with Crippen LogP contribution in [0, 0.1) is 0 Å². The van der Waals surface area contributed by atoms with Gasteiger partial charge >= 0.3 is 0 Å². The van der Waals surface area contributed by atoms with E-state index in [9.17, 15) is 6.85 Å². The Balaban J connectivity index is 1.15. The van der Waals surface area contributed by atoms with Crippen LogP contribution in [0.1, 0.15) is 92.7 Å². The molecule has 5 heteroatoms. The van der Waals surface area contributed by atoms with Crippen molar-refractivity contribution < 1.29 is 18.4 Å². The Morgan fingerprint density at radius 1 is 0.442 bits per heavy atom. The average Bonchev–Trinajstić information content (AvgIpc) is 1.61. The van der Waals surface area contributed by atoms with Gasteiger partial charge in [-0.2, -0.15) is 0 Å². The molecule has 0 fully saturated rings. The summed E-state index contributed by atoms with van der Waals surface area (Å²) in [4.78, 5) is 10.1. The van der Waals surface area contributed by atoms with Crippen LogP contribution in [0.25, 0.3) is 83.4 Å². The Labute approximate surface area is 467 Å². The molecule has 10 bridgehead atoms. The third-order valence-electron chi connectivity index (χ3n) is 15.1. The van der Waals surface area contributed by atoms with Crippen LogP contribution in [0.5, 0.6) is 11.5 Å². The van der Waals surface area contributed by atoms with Crippen LogP contribution in [0.3, 0.4) is 0 Å². The minimum absolute atomic E-state index is 0.00132. The summed E-state index contributed by atoms with van der Waals surface area (Å²) in [5.41, 5.74) is 13.3. The second-order valence-electron chi connectivity index (χ2n) is 23.4. The van der Waals surface area contributed by atoms with Gasteiger partial charge in [-0.1, -0.05) is 183 Å². The number of nitrogens with zero attached hydrogens (tertiary/aromatic N) is 4. The molecule has 0 spiro atoms. The molecule has 77 heavy (non-hydrogen) atoms. The first-order chi connectivity index (χ1) is 41.2. The molecule has 2 aromatic heterocycles. The molecule has 4 heterocycles. The van der Waals surface area contributed by atoms with Crippen molar-refractivity contribution in [3.05, 3.63) is 229 Å². The largest absolute Gasteiger partial charge is 0.457 e. The third-order valence-corrected chi connectivity index (χ3v) is 15.1. The van der Waals surface area contributed by atoms with Gasteiger partial charge in [0.05, 0.1) is 47.5 Å². The number of anilines is 4. The summed E-state index contributed by atoms with van der Waals surface area (Å²) in [6.07, 6.45) is 0. The third kappa shape index (κ3) is 8.55. The average molecular weight is 1010 g/mol. The zero-order valence-electron chi connectivity index (χ0n) is 54.8. The molecule has 9 aromatic carbocycles. The van der Waals surface area contributed by atoms with Gasteiger partial charge in [0, 0.05) is 45.3 Å². The Bertz CT molecular complexity index is 4710. The van der Waals surface area contributed by atoms with Gasteiger partial charge in [-0.25, -0.2) is 4.98 Å². The topological polar surface area (TPSA) is 33.5 Å². The SMILES string of the molecule is [2H]c1c([2H])c([2H])c(-c2c([2H])c([2H])c3c(c2[2H])c2c([2H])c([2H])c4cc2n3-c2cc(C(C)(C)C)cc(n2)-c2cccc(c2)-c2ccccc2-c2cc(C(C)(C)C)cc(-c3cccc(C(C)(C)C)c3)c2N2CN(c3cccc(c3)O4)c3ccccc32)c([2H])c1[2H]. The van der Waals surface area contributed by atoms with E-state index in [2.05, 4.69) is 169 Å². The minimum Gasteiger partial charge on any atom is -0.457 e. The number of hydrogen-bond donors (Lipinski definition) is 0. The second-order valence-corrected chi connectivity index (χ2v) is 23.4. The maximum Gasteiger partial charge on any atom is 0.138 e. The fraction of sp³-hybridized carbons (Fsp3) is 0.181. The van der Waals surface area contributed by atoms with Crippen LogP contribution >= 0.6 is 0 Å². The van der Waals surface area contributed by atoms with Gasteiger partial charge in [0.1, 0.15) is 24.0 Å². The molecule has 0 atom stereocenters. The summed E-state index contributed by atoms with van der Waals surface area (Å²) < 4.78 is 101. The van der Waals surface area contributed by atoms with E-state index in [0.29, 0.717) is 23.9 Å². The number of ether oxygens (including phenoxy) is 1. The number of para-hydroxylation sites is 2. The van der Waals surface area contributed by atoms with E-state index >= 15 is 0 Å². The first kappa shape index (κ1) is 38.0. The second kappa shape index (κ2) is 18.0. The van der Waals surface area contributed by atoms with Crippen molar-refractivity contribution in [3.8, 4) is 73.1 Å². The van der Waals surface area contributed by atoms with E-state index in [0.717, 1.165) is 67.3 Å². The van der Waals surface area contributed by atoms with E-state index < -0.39 is 59.3 Å². The summed E-state index contributed by atoms with van der Waals surface area (Å²) in [5, 5.41) is 0.0480. The predicted octanol–water partition coefficient (Wildman–Crippen LogP) is 19.8. The minimum atomic E-state index is -0.655. The fourth-order valence-electron chi connectivity index (χ4n) is 10.9. The van der Waals surface area contributed by atoms with Crippen LogP contribution in [0.2, 0.25) is 0 Å². The summed E-state index contributed by atoms with van der Waals surface area (Å²) >= 11 is 0. The summed E-state index contributed by atoms with van der Waals surface area (Å²) in [7, 11) is 0. The van der Waals surface area contributed by atoms with Crippen LogP contribution in [-0.4, -0.2) is 16.2 Å². The van der Waals surface area contributed by atoms with Crippen LogP contribution in [-0.2, 0) is 16.2 Å². The zero-order valence-corrected chi connectivity index (χ0v) is 44.8. The maximum absolute atomic E-state index is 9.99. The molecule has 5 nitrogen and oxygen atoms in total. The van der Waals surface area contributed by atoms with Gasteiger partial charge in [-0.3, -0.25) is 4.57 Å². The van der Waals surface area contributed by atoms with E-state index in [1.165, 1.54) is 11.1 Å². The lowest BCUT2D eigenvalue weighted by atomic mass is 9.80. The van der Waals surface area contributed by atoms with Crippen LogP contribution < -0.4 is 14.5 Å². The first-order valence-corrected chi connectivity index (χ1v) is 26.3. The molecule has 0 unspecified atom stereocenters. The van der Waals surface area contributed by atoms with Crippen molar-refractivity contribution in [1.82, 2.24) is 9.55 Å². The fourth-order valence-corrected chi connectivity index (χ4v) is 10.9. The maximum atomic E-state index is 9.99. The van der Waals surface area contributed by atoms with Crippen molar-refractivity contribution in [1.29, 1.82) is 0 Å². The molecule has 2 aliphatic rings. The Kier molecular flexibility index (Phi) is 8.87. The summed E-state index contributed by atoms with van der Waals surface area (Å²) in [6, 6.07) is 47.0. The first-order valence-electron chi connectivity index (χ1n) is 31.3. The normalized spacial score (nSPS) is 15.1. The zero-order chi connectivity index (χ0) is 61.7. The molecule has 0 saturated carbocycles. The molecule has 0 radical (unpaired) electrons. The van der Waals surface area contributed by atoms with Gasteiger partial charge in [0.15, 0.2) is 0 Å². The quantitative estimate of drug-likeness (QED) is 0.173. The van der Waals surface area contributed by atoms with Gasteiger partial charge in [-0.05, 0) is 145 Å². The molecular formula is C72H64N4O. The van der Waals surface area contributed by atoms with Crippen molar-refractivity contribution in [2.45, 2.75) is 78.6 Å². The van der Waals surface area contributed by atoms with E-state index in [-0.39, 0.29) is 56.0 Å². The van der Waals surface area contributed by atoms with Gasteiger partial charge in [0.25, 0.3) is 0 Å². The number of aromatic nitrogens is 2. The van der Waals surface area contributed by atoms with Crippen molar-refractivity contribution in [3.63, 3.8) is 0 Å². The molecular weight excluding hydrogens is 937 g/mol. The lowest BCUT2D eigenvalue weighted by molar-refractivity contribution is 0.483. The highest BCUT2D eigenvalue weighted by Crippen LogP contribution is 2.53. The Morgan fingerprint density at radius 3 is 1.87 bits per heavy atom. The lowest BCUT2D eigenvalue weighted by Gasteiger charge is -2.31. The predicted molar refractivity (Wildman–Crippen MR) is 324 cm³/mol. The number of benzene rings is 9. The number of hydrogen-bond acceptors (Lipinski definition) is 4. The molecule has 2 aliphatic heterocycles. The highest BCUT2D eigenvalue weighted by molar-refractivity contribution is 6.11. The standard InChI is InChI=1S/C72H64N4O/c1-70(2,3)51-25-18-23-49(37-51)60-39-52(71(4,5)6)40-62-58-29-14-13-28-57(58)48-22-17-24-50(36-48)63-41-53(72(7,8)9)42-68(73-63)76-64-35-32-47(46-20-11-10-12-21-46)38-61(64)59-34-33-56(44-67(59)76)77-55-27-19-26-54(43-55)74-45-75(69(60)62)66-31-16-15-30-65(66)74/h10-44H,45H2,1-9H3/i10D,11D,12D,20D,21D,32D,33D,34D,35D,38D. The van der Waals surface area contributed by atoms with Crippen molar-refractivity contribution >= 4 is 44.6 Å². The van der Waals surface area contributed by atoms with Gasteiger partial charge < -0.3 is 14.5 Å². The lowest BCUT2D eigenvalue weighted by Crippen LogP contribution is -2.25. The summed E-state index contributed by atoms with van der Waals surface area (Å²) in [6.45, 7) is 20.2. The van der Waals surface area contributed by atoms with E-state index in [1.54, 1.807) is 16.7 Å². The monoisotopic (exact) mass is 1010 g/mol. The molecule has 0 N–H and O–H groups in total. The smallest absolute Gasteiger partial charge is 0.138 e. The van der Waals surface area contributed by atoms with Crippen molar-refractivity contribution in [2.24, 2.45) is 0 Å². The van der Waals surface area contributed by atoms with Crippen LogP contribution in [0.4, 0.5) is 22.7 Å². The Hall–Kier alpha value is -8.67. The van der Waals surface area contributed by atoms with Gasteiger partial charge in [0.2, 0.25) is 0 Å². The van der Waals surface area contributed by atoms with E-state index in [4.69, 9.17) is 16.6 Å². The van der Waals surface area contributed by atoms with Gasteiger partial charge in [-0.15, -0.1) is 0 Å². The number of fused-ring (bicyclic) bond motifs is 23. The molecule has 0 saturated heterocycles.